The Morgan fingerprint density at radius 2 is 1.79 bits per heavy atom. The van der Waals surface area contributed by atoms with Crippen LogP contribution in [-0.4, -0.2) is 63.8 Å². The molecular weight excluding hydrogens is 406 g/mol. The number of nitrogens with one attached hydrogen (secondary N) is 1. The third-order valence-electron chi connectivity index (χ3n) is 3.39. The minimum atomic E-state index is -0.729. The van der Waals surface area contributed by atoms with Gasteiger partial charge < -0.3 is 19.5 Å². The summed E-state index contributed by atoms with van der Waals surface area (Å²) >= 11 is 0.876. The second-order valence-corrected chi connectivity index (χ2v) is 6.44. The van der Waals surface area contributed by atoms with E-state index in [2.05, 4.69) is 20.8 Å². The van der Waals surface area contributed by atoms with Gasteiger partial charge >= 0.3 is 17.9 Å². The molecule has 0 unspecified atom stereocenters. The molecule has 12 nitrogen and oxygen atoms in total. The number of amides is 1. The van der Waals surface area contributed by atoms with Crippen LogP contribution in [0.4, 0.5) is 5.00 Å². The van der Waals surface area contributed by atoms with Crippen molar-refractivity contribution in [1.29, 1.82) is 0 Å². The maximum atomic E-state index is 12.3. The predicted octanol–water partition coefficient (Wildman–Crippen LogP) is 0.578. The topological polar surface area (TPSA) is 152 Å². The van der Waals surface area contributed by atoms with Crippen molar-refractivity contribution in [3.63, 3.8) is 0 Å². The first-order chi connectivity index (χ1) is 13.9. The van der Waals surface area contributed by atoms with Crippen LogP contribution in [0.2, 0.25) is 0 Å². The number of anilines is 1. The Morgan fingerprint density at radius 1 is 1.10 bits per heavy atom. The zero-order chi connectivity index (χ0) is 21.4. The first-order valence-electron chi connectivity index (χ1n) is 8.51. The van der Waals surface area contributed by atoms with E-state index in [-0.39, 0.29) is 35.2 Å². The maximum absolute atomic E-state index is 12.3. The van der Waals surface area contributed by atoms with E-state index < -0.39 is 30.4 Å². The summed E-state index contributed by atoms with van der Waals surface area (Å²) in [5.41, 5.74) is 0.381. The molecular formula is C16H19N5O7S. The molecule has 2 aromatic heterocycles. The number of tetrazole rings is 1. The summed E-state index contributed by atoms with van der Waals surface area (Å²) in [4.78, 5) is 48.4. The number of esters is 3. The Kier molecular flexibility index (Phi) is 7.77. The number of ether oxygens (including phenoxy) is 3. The molecule has 0 radical (unpaired) electrons. The van der Waals surface area contributed by atoms with Gasteiger partial charge in [0.2, 0.25) is 0 Å². The fourth-order valence-electron chi connectivity index (χ4n) is 2.18. The van der Waals surface area contributed by atoms with Gasteiger partial charge in [0.1, 0.15) is 22.8 Å². The van der Waals surface area contributed by atoms with Gasteiger partial charge in [-0.3, -0.25) is 9.59 Å². The second kappa shape index (κ2) is 10.3. The van der Waals surface area contributed by atoms with Crippen molar-refractivity contribution in [1.82, 2.24) is 20.2 Å². The molecule has 0 spiro atoms. The summed E-state index contributed by atoms with van der Waals surface area (Å²) < 4.78 is 15.9. The Morgan fingerprint density at radius 3 is 2.41 bits per heavy atom. The van der Waals surface area contributed by atoms with E-state index in [0.717, 1.165) is 16.0 Å². The number of rotatable bonds is 9. The van der Waals surface area contributed by atoms with Crippen LogP contribution in [-0.2, 0) is 30.3 Å². The summed E-state index contributed by atoms with van der Waals surface area (Å²) in [6, 6.07) is 0. The highest BCUT2D eigenvalue weighted by Gasteiger charge is 2.27. The third-order valence-corrected chi connectivity index (χ3v) is 4.57. The summed E-state index contributed by atoms with van der Waals surface area (Å²) in [6.45, 7) is 4.24. The van der Waals surface area contributed by atoms with Crippen molar-refractivity contribution in [2.75, 3.05) is 25.1 Å². The summed E-state index contributed by atoms with van der Waals surface area (Å²) in [5, 5.41) is 12.8. The van der Waals surface area contributed by atoms with Crippen molar-refractivity contribution in [3.05, 3.63) is 22.3 Å². The lowest BCUT2D eigenvalue weighted by Gasteiger charge is -2.07. The molecule has 0 aliphatic rings. The van der Waals surface area contributed by atoms with Gasteiger partial charge in [0.25, 0.3) is 5.91 Å². The zero-order valence-corrected chi connectivity index (χ0v) is 16.8. The molecule has 0 aromatic carbocycles. The molecule has 0 aliphatic carbocycles. The van der Waals surface area contributed by atoms with Crippen molar-refractivity contribution in [2.24, 2.45) is 0 Å². The molecule has 0 aliphatic heterocycles. The minimum absolute atomic E-state index is 0.0493. The Balaban J connectivity index is 2.09. The van der Waals surface area contributed by atoms with Gasteiger partial charge in [0, 0.05) is 0 Å². The molecule has 0 bridgehead atoms. The number of aromatic nitrogens is 4. The zero-order valence-electron chi connectivity index (χ0n) is 16.0. The summed E-state index contributed by atoms with van der Waals surface area (Å²) in [5.74, 6) is -2.73. The molecule has 0 saturated carbocycles. The number of hydrogen-bond acceptors (Lipinski definition) is 11. The fraction of sp³-hybridized carbons (Fsp3) is 0.438. The molecule has 0 saturated heterocycles. The van der Waals surface area contributed by atoms with Gasteiger partial charge in [-0.05, 0) is 36.8 Å². The van der Waals surface area contributed by atoms with E-state index in [0.29, 0.717) is 5.56 Å². The van der Waals surface area contributed by atoms with Crippen molar-refractivity contribution >= 4 is 40.2 Å². The normalized spacial score (nSPS) is 10.3. The molecule has 0 fully saturated rings. The lowest BCUT2D eigenvalue weighted by atomic mass is 10.1. The Bertz CT molecular complexity index is 894. The van der Waals surface area contributed by atoms with Crippen molar-refractivity contribution in [2.45, 2.75) is 27.3 Å². The monoisotopic (exact) mass is 425 g/mol. The minimum Gasteiger partial charge on any atom is -0.462 e. The first kappa shape index (κ1) is 21.9. The standard InChI is InChI=1S/C16H19N5O7S/c1-4-26-15(24)12-9(3)13(16(25)27-5-2)29-14(12)18-10(22)7-28-11(23)6-21-8-17-19-20-21/h8H,4-7H2,1-3H3,(H,18,22). The van der Waals surface area contributed by atoms with E-state index in [1.165, 1.54) is 6.33 Å². The average Bonchev–Trinajstić information content (AvgIpc) is 3.28. The van der Waals surface area contributed by atoms with Gasteiger partial charge in [0.15, 0.2) is 6.61 Å². The van der Waals surface area contributed by atoms with Crippen LogP contribution in [0.5, 0.6) is 0 Å². The molecule has 2 rings (SSSR count). The Labute approximate surface area is 169 Å². The van der Waals surface area contributed by atoms with Gasteiger partial charge in [-0.1, -0.05) is 0 Å². The van der Waals surface area contributed by atoms with Gasteiger partial charge in [0.05, 0.1) is 18.8 Å². The SMILES string of the molecule is CCOC(=O)c1sc(NC(=O)COC(=O)Cn2cnnn2)c(C(=O)OCC)c1C. The lowest BCUT2D eigenvalue weighted by molar-refractivity contribution is -0.148. The Hall–Kier alpha value is -3.35. The first-order valence-corrected chi connectivity index (χ1v) is 9.32. The number of nitrogens with zero attached hydrogens (tertiary/aromatic N) is 4. The third kappa shape index (κ3) is 5.81. The number of carbonyl (C=O) groups is 4. The molecule has 1 N–H and O–H groups in total. The number of hydrogen-bond donors (Lipinski definition) is 1. The summed E-state index contributed by atoms with van der Waals surface area (Å²) in [7, 11) is 0. The summed E-state index contributed by atoms with van der Waals surface area (Å²) in [6.07, 6.45) is 1.22. The van der Waals surface area contributed by atoms with Gasteiger partial charge in [-0.2, -0.15) is 0 Å². The van der Waals surface area contributed by atoms with E-state index >= 15 is 0 Å². The van der Waals surface area contributed by atoms with Crippen LogP contribution >= 0.6 is 11.3 Å². The molecule has 2 aromatic rings. The van der Waals surface area contributed by atoms with Crippen LogP contribution in [0.25, 0.3) is 0 Å². The molecule has 29 heavy (non-hydrogen) atoms. The number of thiophene rings is 1. The van der Waals surface area contributed by atoms with Crippen LogP contribution < -0.4 is 5.32 Å². The van der Waals surface area contributed by atoms with Crippen molar-refractivity contribution < 1.29 is 33.4 Å². The quantitative estimate of drug-likeness (QED) is 0.446. The van der Waals surface area contributed by atoms with Crippen LogP contribution in [0, 0.1) is 6.92 Å². The average molecular weight is 425 g/mol. The van der Waals surface area contributed by atoms with E-state index in [1.807, 2.05) is 0 Å². The van der Waals surface area contributed by atoms with Crippen LogP contribution in [0.15, 0.2) is 6.33 Å². The van der Waals surface area contributed by atoms with Crippen LogP contribution in [0.1, 0.15) is 39.4 Å². The van der Waals surface area contributed by atoms with E-state index in [9.17, 15) is 19.2 Å². The molecule has 13 heteroatoms. The van der Waals surface area contributed by atoms with Gasteiger partial charge in [-0.15, -0.1) is 16.4 Å². The molecule has 0 atom stereocenters. The highest BCUT2D eigenvalue weighted by Crippen LogP contribution is 2.34. The number of carbonyl (C=O) groups excluding carboxylic acids is 4. The molecule has 2 heterocycles. The second-order valence-electron chi connectivity index (χ2n) is 5.42. The highest BCUT2D eigenvalue weighted by atomic mass is 32.1. The van der Waals surface area contributed by atoms with E-state index in [4.69, 9.17) is 14.2 Å². The fourth-order valence-corrected chi connectivity index (χ4v) is 3.29. The smallest absolute Gasteiger partial charge is 0.348 e. The molecule has 156 valence electrons. The van der Waals surface area contributed by atoms with Gasteiger partial charge in [-0.25, -0.2) is 14.3 Å². The lowest BCUT2D eigenvalue weighted by Crippen LogP contribution is -2.23. The highest BCUT2D eigenvalue weighted by molar-refractivity contribution is 7.18. The molecule has 1 amide bonds. The van der Waals surface area contributed by atoms with Crippen LogP contribution in [0.3, 0.4) is 0 Å². The van der Waals surface area contributed by atoms with E-state index in [1.54, 1.807) is 20.8 Å². The predicted molar refractivity (Wildman–Crippen MR) is 98.4 cm³/mol. The maximum Gasteiger partial charge on any atom is 0.348 e. The van der Waals surface area contributed by atoms with Crippen molar-refractivity contribution in [3.8, 4) is 0 Å². The largest absolute Gasteiger partial charge is 0.462 e.